The molecule has 1 fully saturated rings. The fraction of sp³-hybridized carbons (Fsp3) is 0.731. The van der Waals surface area contributed by atoms with E-state index in [0.29, 0.717) is 13.2 Å². The van der Waals surface area contributed by atoms with Crippen LogP contribution in [0.5, 0.6) is 0 Å². The Morgan fingerprint density at radius 3 is 2.33 bits per heavy atom. The first-order valence-electron chi connectivity index (χ1n) is 12.9. The molecule has 0 aliphatic carbocycles. The number of benzene rings is 1. The Balaban J connectivity index is 2.04. The van der Waals surface area contributed by atoms with Gasteiger partial charge in [0.25, 0.3) is 0 Å². The van der Waals surface area contributed by atoms with Gasteiger partial charge in [0, 0.05) is 5.92 Å². The maximum Gasteiger partial charge on any atom is 0.407 e. The van der Waals surface area contributed by atoms with Crippen LogP contribution in [0.25, 0.3) is 0 Å². The molecule has 0 bridgehead atoms. The van der Waals surface area contributed by atoms with Crippen LogP contribution in [0.15, 0.2) is 30.3 Å². The van der Waals surface area contributed by atoms with E-state index < -0.39 is 55.5 Å². The molecule has 2 rings (SSSR count). The first-order chi connectivity index (χ1) is 18.0. The number of aliphatic hydroxyl groups excluding tert-OH is 2. The third kappa shape index (κ3) is 11.6. The van der Waals surface area contributed by atoms with Crippen molar-refractivity contribution in [2.75, 3.05) is 26.4 Å². The van der Waals surface area contributed by atoms with E-state index in [-0.39, 0.29) is 24.2 Å². The Morgan fingerprint density at radius 2 is 1.74 bits per heavy atom. The van der Waals surface area contributed by atoms with Gasteiger partial charge in [-0.05, 0) is 23.7 Å². The van der Waals surface area contributed by atoms with Crippen molar-refractivity contribution in [3.63, 3.8) is 0 Å². The van der Waals surface area contributed by atoms with Gasteiger partial charge in [0.1, 0.15) is 31.0 Å². The Labute approximate surface area is 247 Å². The van der Waals surface area contributed by atoms with Crippen LogP contribution in [-0.2, 0) is 30.0 Å². The minimum atomic E-state index is -2.17. The third-order valence-electron chi connectivity index (χ3n) is 6.83. The van der Waals surface area contributed by atoms with Crippen molar-refractivity contribution in [3.8, 4) is 0 Å². The second kappa shape index (κ2) is 15.0. The molecule has 1 aliphatic rings. The Hall–Kier alpha value is -0.663. The lowest BCUT2D eigenvalue weighted by Gasteiger charge is -2.44. The van der Waals surface area contributed by atoms with E-state index in [4.69, 9.17) is 58.2 Å². The third-order valence-corrected chi connectivity index (χ3v) is 11.7. The van der Waals surface area contributed by atoms with E-state index in [0.717, 1.165) is 5.56 Å². The van der Waals surface area contributed by atoms with Crippen LogP contribution in [0.4, 0.5) is 4.79 Å². The number of amides is 1. The molecule has 1 aliphatic heterocycles. The number of rotatable bonds is 12. The van der Waals surface area contributed by atoms with E-state index >= 15 is 0 Å². The Kier molecular flexibility index (Phi) is 13.3. The normalized spacial score (nSPS) is 25.3. The Bertz CT molecular complexity index is 884. The lowest BCUT2D eigenvalue weighted by Crippen LogP contribution is -2.65. The van der Waals surface area contributed by atoms with Crippen LogP contribution < -0.4 is 5.32 Å². The number of hydrogen-bond donors (Lipinski definition) is 3. The summed E-state index contributed by atoms with van der Waals surface area (Å²) in [7, 11) is -2.17. The molecular weight excluding hydrogens is 589 g/mol. The molecule has 6 atom stereocenters. The number of halogens is 3. The smallest absolute Gasteiger partial charge is 0.407 e. The minimum Gasteiger partial charge on any atom is -0.445 e. The summed E-state index contributed by atoms with van der Waals surface area (Å²) in [6, 6.07) is 8.63. The van der Waals surface area contributed by atoms with E-state index in [9.17, 15) is 15.0 Å². The first-order valence-corrected chi connectivity index (χ1v) is 16.9. The highest BCUT2D eigenvalue weighted by Gasteiger charge is 2.47. The van der Waals surface area contributed by atoms with Crippen molar-refractivity contribution in [2.45, 2.75) is 86.9 Å². The predicted octanol–water partition coefficient (Wildman–Crippen LogP) is 4.79. The van der Waals surface area contributed by atoms with Crippen LogP contribution in [0.1, 0.15) is 33.3 Å². The molecule has 1 saturated heterocycles. The zero-order valence-corrected chi connectivity index (χ0v) is 26.6. The summed E-state index contributed by atoms with van der Waals surface area (Å²) in [5, 5.41) is 24.2. The van der Waals surface area contributed by atoms with Crippen LogP contribution in [-0.4, -0.2) is 85.5 Å². The van der Waals surface area contributed by atoms with Gasteiger partial charge in [0.05, 0.1) is 26.4 Å². The van der Waals surface area contributed by atoms with Crippen molar-refractivity contribution in [3.05, 3.63) is 35.9 Å². The summed E-state index contributed by atoms with van der Waals surface area (Å²) in [6.07, 6.45) is -5.78. The van der Waals surface area contributed by atoms with Crippen LogP contribution in [0.2, 0.25) is 18.1 Å². The van der Waals surface area contributed by atoms with Gasteiger partial charge in [0.15, 0.2) is 14.6 Å². The Morgan fingerprint density at radius 1 is 1.10 bits per heavy atom. The zero-order chi connectivity index (χ0) is 29.4. The number of alkyl halides is 3. The highest BCUT2D eigenvalue weighted by Crippen LogP contribution is 2.37. The maximum atomic E-state index is 12.4. The molecule has 0 spiro atoms. The molecule has 1 amide bonds. The second-order valence-corrected chi connectivity index (χ2v) is 18.7. The SMILES string of the molecule is CC(COCc1ccccc1)CO[C@@H]1OC(CO[Si](C)(C)C(C)(C)C)[C@@H](O)[C@H](O)C1NC(=O)OCC(Cl)(Cl)Cl. The fourth-order valence-electron chi connectivity index (χ4n) is 3.46. The fourth-order valence-corrected chi connectivity index (χ4v) is 4.63. The molecule has 13 heteroatoms. The van der Waals surface area contributed by atoms with Gasteiger partial charge in [-0.3, -0.25) is 0 Å². The number of alkyl carbamates (subject to hydrolysis) is 1. The van der Waals surface area contributed by atoms with Crippen molar-refractivity contribution in [1.82, 2.24) is 5.32 Å². The standard InChI is InChI=1S/C26H42Cl3NO8Si/c1-17(12-34-14-18-10-8-7-9-11-18)13-35-23-20(30-24(33)36-16-26(27,28)29)22(32)21(31)19(38-23)15-37-39(5,6)25(2,3)4/h7-11,17,19-23,31-32H,12-16H2,1-6H3,(H,30,33)/t17?,19?,20?,21-,22-,23-/m1/s1. The quantitative estimate of drug-likeness (QED) is 0.223. The summed E-state index contributed by atoms with van der Waals surface area (Å²) in [4.78, 5) is 12.4. The number of carbonyl (C=O) groups excluding carboxylic acids is 1. The van der Waals surface area contributed by atoms with Crippen molar-refractivity contribution < 1.29 is 38.4 Å². The summed E-state index contributed by atoms with van der Waals surface area (Å²) in [5.74, 6) is -0.0415. The van der Waals surface area contributed by atoms with Crippen LogP contribution in [0, 0.1) is 5.92 Å². The average Bonchev–Trinajstić information content (AvgIpc) is 2.84. The molecular formula is C26H42Cl3NO8Si. The monoisotopic (exact) mass is 629 g/mol. The van der Waals surface area contributed by atoms with Gasteiger partial charge in [-0.1, -0.05) is 92.8 Å². The molecule has 0 radical (unpaired) electrons. The van der Waals surface area contributed by atoms with Gasteiger partial charge >= 0.3 is 6.09 Å². The van der Waals surface area contributed by atoms with Crippen molar-refractivity contribution >= 4 is 49.2 Å². The zero-order valence-electron chi connectivity index (χ0n) is 23.4. The number of carbonyl (C=O) groups is 1. The topological polar surface area (TPSA) is 116 Å². The highest BCUT2D eigenvalue weighted by atomic mass is 35.6. The van der Waals surface area contributed by atoms with E-state index in [1.54, 1.807) is 0 Å². The largest absolute Gasteiger partial charge is 0.445 e. The van der Waals surface area contributed by atoms with E-state index in [2.05, 4.69) is 39.2 Å². The van der Waals surface area contributed by atoms with E-state index in [1.807, 2.05) is 37.3 Å². The average molecular weight is 631 g/mol. The van der Waals surface area contributed by atoms with Crippen LogP contribution in [0.3, 0.4) is 0 Å². The lowest BCUT2D eigenvalue weighted by molar-refractivity contribution is -0.271. The second-order valence-electron chi connectivity index (χ2n) is 11.4. The molecule has 3 unspecified atom stereocenters. The minimum absolute atomic E-state index is 0.0415. The number of nitrogens with one attached hydrogen (secondary N) is 1. The molecule has 224 valence electrons. The molecule has 0 saturated carbocycles. The molecule has 0 aromatic heterocycles. The molecule has 3 N–H and O–H groups in total. The number of ether oxygens (including phenoxy) is 4. The first kappa shape index (κ1) is 34.5. The molecule has 9 nitrogen and oxygen atoms in total. The van der Waals surface area contributed by atoms with Crippen LogP contribution >= 0.6 is 34.8 Å². The summed E-state index contributed by atoms with van der Waals surface area (Å²) >= 11 is 17.0. The molecule has 39 heavy (non-hydrogen) atoms. The van der Waals surface area contributed by atoms with Gasteiger partial charge < -0.3 is 38.9 Å². The molecule has 1 aromatic carbocycles. The number of aliphatic hydroxyl groups is 2. The summed E-state index contributed by atoms with van der Waals surface area (Å²) < 4.78 is 27.2. The lowest BCUT2D eigenvalue weighted by atomic mass is 9.97. The maximum absolute atomic E-state index is 12.4. The van der Waals surface area contributed by atoms with Gasteiger partial charge in [-0.25, -0.2) is 4.79 Å². The molecule has 1 heterocycles. The summed E-state index contributed by atoms with van der Waals surface area (Å²) in [6.45, 7) is 13.0. The van der Waals surface area contributed by atoms with Crippen molar-refractivity contribution in [1.29, 1.82) is 0 Å². The summed E-state index contributed by atoms with van der Waals surface area (Å²) in [5.41, 5.74) is 1.06. The highest BCUT2D eigenvalue weighted by molar-refractivity contribution is 6.74. The van der Waals surface area contributed by atoms with Gasteiger partial charge in [-0.15, -0.1) is 0 Å². The van der Waals surface area contributed by atoms with Crippen molar-refractivity contribution in [2.24, 2.45) is 5.92 Å². The van der Waals surface area contributed by atoms with Gasteiger partial charge in [-0.2, -0.15) is 0 Å². The molecule has 1 aromatic rings. The van der Waals surface area contributed by atoms with Gasteiger partial charge in [0.2, 0.25) is 3.79 Å². The number of hydrogen-bond acceptors (Lipinski definition) is 8. The van der Waals surface area contributed by atoms with E-state index in [1.165, 1.54) is 0 Å². The predicted molar refractivity (Wildman–Crippen MR) is 154 cm³/mol.